The minimum absolute atomic E-state index is 0.0614. The maximum atomic E-state index is 15.3. The van der Waals surface area contributed by atoms with Crippen molar-refractivity contribution in [2.24, 2.45) is 36.1 Å². The second-order valence-electron chi connectivity index (χ2n) is 16.4. The monoisotopic (exact) mass is 772 g/mol. The first kappa shape index (κ1) is 34.7. The Morgan fingerprint density at radius 3 is 2.49 bits per heavy atom. The number of phenolic OH excluding ortho intramolecular Hbond substituents is 1. The number of amides is 4. The van der Waals surface area contributed by atoms with Gasteiger partial charge >= 0.3 is 0 Å². The highest BCUT2D eigenvalue weighted by Crippen LogP contribution is 2.65. The summed E-state index contributed by atoms with van der Waals surface area (Å²) in [6.45, 7) is 3.88. The van der Waals surface area contributed by atoms with Crippen LogP contribution >= 0.6 is 22.9 Å². The Labute approximate surface area is 327 Å². The minimum atomic E-state index is -1.30. The summed E-state index contributed by atoms with van der Waals surface area (Å²) < 4.78 is 2.65. The van der Waals surface area contributed by atoms with E-state index in [2.05, 4.69) is 6.08 Å². The summed E-state index contributed by atoms with van der Waals surface area (Å²) in [6, 6.07) is 18.9. The van der Waals surface area contributed by atoms with Crippen molar-refractivity contribution in [2.75, 3.05) is 4.90 Å². The number of aryl methyl sites for hydroxylation is 2. The van der Waals surface area contributed by atoms with Crippen LogP contribution in [0.15, 0.2) is 72.3 Å². The molecule has 0 unspecified atom stereocenters. The van der Waals surface area contributed by atoms with Gasteiger partial charge < -0.3 is 5.11 Å². The van der Waals surface area contributed by atoms with Crippen LogP contribution in [0.1, 0.15) is 68.9 Å². The molecule has 5 aliphatic rings. The summed E-state index contributed by atoms with van der Waals surface area (Å²) in [5.74, 6) is -3.62. The van der Waals surface area contributed by atoms with E-state index in [0.717, 1.165) is 63.6 Å². The number of carbonyl (C=O) groups excluding carboxylic acids is 4. The number of fused-ring (bicyclic) bond motifs is 6. The second-order valence-corrected chi connectivity index (χ2v) is 17.9. The number of carbonyl (C=O) groups is 4. The van der Waals surface area contributed by atoms with Crippen molar-refractivity contribution in [1.29, 1.82) is 0 Å². The van der Waals surface area contributed by atoms with E-state index in [4.69, 9.17) is 16.7 Å². The number of phenols is 1. The number of nitrogens with zero attached hydrogens (tertiary/aromatic N) is 4. The number of halogens is 1. The van der Waals surface area contributed by atoms with Crippen molar-refractivity contribution in [3.8, 4) is 16.3 Å². The predicted octanol–water partition coefficient (Wildman–Crippen LogP) is 8.69. The van der Waals surface area contributed by atoms with Crippen molar-refractivity contribution in [3.05, 3.63) is 88.5 Å². The van der Waals surface area contributed by atoms with Crippen molar-refractivity contribution in [3.63, 3.8) is 0 Å². The first-order chi connectivity index (χ1) is 26.5. The standard InChI is InChI=1S/C44H41ClN4O5S/c1-22-30-19-24(45)14-18-34(30)55-39(22)33-21-35(47(3)46-33)49-41(52)32-20-31-27(16-17-28-36(31)42(53)48(40(28)51)25-10-5-4-6-11-25)37(44(32,2)43(49)54)29-15-13-23-9-7-8-12-26(23)38(29)50/h7-9,12-16,18-19,21,25,28,31-32,36-37,50H,4-6,10-11,17,20H2,1-3H3/t28-,31+,32-,36-,37+,44+/m0/s1. The Hall–Kier alpha value is -4.80. The van der Waals surface area contributed by atoms with Crippen LogP contribution < -0.4 is 4.90 Å². The molecule has 1 N–H and O–H groups in total. The maximum absolute atomic E-state index is 15.3. The lowest BCUT2D eigenvalue weighted by atomic mass is 9.51. The summed E-state index contributed by atoms with van der Waals surface area (Å²) in [6.07, 6.45) is 7.43. The van der Waals surface area contributed by atoms with Crippen LogP contribution in [0.3, 0.4) is 0 Å². The fourth-order valence-corrected chi connectivity index (χ4v) is 12.3. The number of hydrogen-bond donors (Lipinski definition) is 1. The van der Waals surface area contributed by atoms with Gasteiger partial charge in [0, 0.05) is 45.7 Å². The van der Waals surface area contributed by atoms with Crippen LogP contribution in [0.2, 0.25) is 5.02 Å². The summed E-state index contributed by atoms with van der Waals surface area (Å²) in [7, 11) is 1.74. The van der Waals surface area contributed by atoms with Gasteiger partial charge in [-0.3, -0.25) is 28.8 Å². The van der Waals surface area contributed by atoms with Gasteiger partial charge in [0.2, 0.25) is 23.6 Å². The van der Waals surface area contributed by atoms with Gasteiger partial charge in [-0.2, -0.15) is 5.10 Å². The Kier molecular flexibility index (Phi) is 7.79. The lowest BCUT2D eigenvalue weighted by Gasteiger charge is -2.49. The maximum Gasteiger partial charge on any atom is 0.242 e. The third-order valence-electron chi connectivity index (χ3n) is 13.7. The number of rotatable bonds is 4. The largest absolute Gasteiger partial charge is 0.507 e. The Balaban J connectivity index is 1.10. The van der Waals surface area contributed by atoms with Gasteiger partial charge in [-0.1, -0.05) is 78.9 Å². The number of allylic oxidation sites excluding steroid dienone is 2. The topological polar surface area (TPSA) is 113 Å². The highest BCUT2D eigenvalue weighted by atomic mass is 35.5. The number of imide groups is 2. The van der Waals surface area contributed by atoms with E-state index in [9.17, 15) is 14.7 Å². The summed E-state index contributed by atoms with van der Waals surface area (Å²) in [5.41, 5.74) is 1.78. The average Bonchev–Trinajstić information content (AvgIpc) is 3.86. The zero-order valence-electron chi connectivity index (χ0n) is 30.9. The molecule has 0 radical (unpaired) electrons. The fourth-order valence-electron chi connectivity index (χ4n) is 11.0. The van der Waals surface area contributed by atoms with Gasteiger partial charge in [0.15, 0.2) is 0 Å². The van der Waals surface area contributed by atoms with E-state index in [0.29, 0.717) is 33.9 Å². The molecule has 10 rings (SSSR count). The summed E-state index contributed by atoms with van der Waals surface area (Å²) in [4.78, 5) is 62.7. The lowest BCUT2D eigenvalue weighted by molar-refractivity contribution is -0.144. The quantitative estimate of drug-likeness (QED) is 0.145. The van der Waals surface area contributed by atoms with Gasteiger partial charge in [-0.25, -0.2) is 4.90 Å². The van der Waals surface area contributed by atoms with E-state index in [1.54, 1.807) is 28.0 Å². The molecule has 3 aliphatic carbocycles. The Morgan fingerprint density at radius 2 is 1.69 bits per heavy atom. The van der Waals surface area contributed by atoms with Crippen LogP contribution in [0.4, 0.5) is 5.82 Å². The van der Waals surface area contributed by atoms with E-state index in [1.807, 2.05) is 74.5 Å². The molecular weight excluding hydrogens is 732 g/mol. The SMILES string of the molecule is Cc1c(-c2cc(N3C(=O)[C@@H]4C[C@@H]5C(=CC[C@@H]6C(=O)N(C7CCCCC7)C(=O)[C@@H]65)[C@H](c5ccc6ccccc6c5O)[C@]4(C)C3=O)n(C)n2)sc2ccc(Cl)cc12. The molecule has 280 valence electrons. The van der Waals surface area contributed by atoms with Crippen molar-refractivity contribution < 1.29 is 24.3 Å². The average molecular weight is 773 g/mol. The molecule has 2 saturated heterocycles. The molecule has 3 aromatic carbocycles. The van der Waals surface area contributed by atoms with Gasteiger partial charge in [0.25, 0.3) is 0 Å². The number of anilines is 1. The highest BCUT2D eigenvalue weighted by Gasteiger charge is 2.68. The van der Waals surface area contributed by atoms with Crippen LogP contribution in [-0.4, -0.2) is 49.5 Å². The minimum Gasteiger partial charge on any atom is -0.507 e. The second kappa shape index (κ2) is 12.4. The van der Waals surface area contributed by atoms with Crippen LogP contribution in [0.25, 0.3) is 31.4 Å². The molecule has 2 aromatic heterocycles. The summed E-state index contributed by atoms with van der Waals surface area (Å²) >= 11 is 7.92. The molecule has 2 saturated carbocycles. The number of likely N-dealkylation sites (tertiary alicyclic amines) is 1. The van der Waals surface area contributed by atoms with Crippen LogP contribution in [0, 0.1) is 36.0 Å². The van der Waals surface area contributed by atoms with E-state index in [1.165, 1.54) is 4.90 Å². The molecule has 55 heavy (non-hydrogen) atoms. The number of benzene rings is 3. The first-order valence-electron chi connectivity index (χ1n) is 19.4. The van der Waals surface area contributed by atoms with Gasteiger partial charge in [-0.05, 0) is 80.0 Å². The highest BCUT2D eigenvalue weighted by molar-refractivity contribution is 7.22. The van der Waals surface area contributed by atoms with Crippen molar-refractivity contribution in [1.82, 2.24) is 14.7 Å². The smallest absolute Gasteiger partial charge is 0.242 e. The van der Waals surface area contributed by atoms with E-state index >= 15 is 9.59 Å². The van der Waals surface area contributed by atoms with Crippen LogP contribution in [0.5, 0.6) is 5.75 Å². The van der Waals surface area contributed by atoms with Crippen LogP contribution in [-0.2, 0) is 26.2 Å². The molecule has 11 heteroatoms. The summed E-state index contributed by atoms with van der Waals surface area (Å²) in [5, 5.41) is 20.1. The van der Waals surface area contributed by atoms with Gasteiger partial charge in [-0.15, -0.1) is 11.3 Å². The molecule has 4 fully saturated rings. The number of aromatic hydroxyl groups is 1. The number of aromatic nitrogens is 2. The van der Waals surface area contributed by atoms with Gasteiger partial charge in [0.1, 0.15) is 17.3 Å². The van der Waals surface area contributed by atoms with E-state index < -0.39 is 35.0 Å². The van der Waals surface area contributed by atoms with E-state index in [-0.39, 0.29) is 41.8 Å². The zero-order chi connectivity index (χ0) is 38.1. The zero-order valence-corrected chi connectivity index (χ0v) is 32.5. The number of hydrogen-bond acceptors (Lipinski definition) is 7. The molecule has 6 atom stereocenters. The molecule has 0 bridgehead atoms. The van der Waals surface area contributed by atoms with Gasteiger partial charge in [0.05, 0.1) is 28.0 Å². The lowest BCUT2D eigenvalue weighted by Crippen LogP contribution is -2.49. The Morgan fingerprint density at radius 1 is 0.909 bits per heavy atom. The van der Waals surface area contributed by atoms with Crippen molar-refractivity contribution >= 4 is 73.2 Å². The molecule has 5 aromatic rings. The molecular formula is C44H41ClN4O5S. The predicted molar refractivity (Wildman–Crippen MR) is 213 cm³/mol. The molecule has 0 spiro atoms. The molecule has 2 aliphatic heterocycles. The first-order valence-corrected chi connectivity index (χ1v) is 20.6. The fraction of sp³-hybridized carbons (Fsp3) is 0.386. The third-order valence-corrected chi connectivity index (χ3v) is 15.2. The molecule has 4 amide bonds. The van der Waals surface area contributed by atoms with Crippen molar-refractivity contribution in [2.45, 2.75) is 70.8 Å². The third kappa shape index (κ3) is 4.79. The normalized spacial score (nSPS) is 28.3. The molecule has 4 heterocycles. The number of thiophene rings is 1. The Bertz CT molecular complexity index is 2550. The molecule has 9 nitrogen and oxygen atoms in total.